The Morgan fingerprint density at radius 1 is 1.05 bits per heavy atom. The van der Waals surface area contributed by atoms with Crippen molar-refractivity contribution >= 4 is 31.9 Å². The van der Waals surface area contributed by atoms with Crippen molar-refractivity contribution < 1.29 is 17.6 Å². The van der Waals surface area contributed by atoms with Crippen LogP contribution in [0.3, 0.4) is 0 Å². The second kappa shape index (κ2) is 6.48. The highest BCUT2D eigenvalue weighted by Gasteiger charge is 2.31. The molecule has 0 heterocycles. The molecule has 1 atom stereocenters. The lowest BCUT2D eigenvalue weighted by Crippen LogP contribution is -2.08. The van der Waals surface area contributed by atoms with E-state index < -0.39 is 22.4 Å². The predicted molar refractivity (Wildman–Crippen MR) is 80.9 cm³/mol. The van der Waals surface area contributed by atoms with Crippen LogP contribution in [0.5, 0.6) is 0 Å². The van der Waals surface area contributed by atoms with E-state index in [-0.39, 0.29) is 5.56 Å². The standard InChI is InChI=1S/C15H10Br2F4/c16-11-3-1-2-9(6-11)7-13(17)12-8-10(15(19,20)21)4-5-14(12)18/h1-6,8,13H,7H2. The molecule has 0 spiro atoms. The summed E-state index contributed by atoms with van der Waals surface area (Å²) in [7, 11) is 0. The van der Waals surface area contributed by atoms with Gasteiger partial charge < -0.3 is 0 Å². The lowest BCUT2D eigenvalue weighted by atomic mass is 10.0. The third kappa shape index (κ3) is 4.30. The third-order valence-electron chi connectivity index (χ3n) is 2.96. The predicted octanol–water partition coefficient (Wildman–Crippen LogP) is 6.29. The van der Waals surface area contributed by atoms with Gasteiger partial charge in [-0.25, -0.2) is 4.39 Å². The number of benzene rings is 2. The van der Waals surface area contributed by atoms with Gasteiger partial charge in [0.2, 0.25) is 0 Å². The van der Waals surface area contributed by atoms with Crippen molar-refractivity contribution in [3.63, 3.8) is 0 Å². The fraction of sp³-hybridized carbons (Fsp3) is 0.200. The summed E-state index contributed by atoms with van der Waals surface area (Å²) in [6.07, 6.45) is -4.09. The van der Waals surface area contributed by atoms with Crippen LogP contribution in [0.1, 0.15) is 21.5 Å². The van der Waals surface area contributed by atoms with Crippen molar-refractivity contribution in [3.8, 4) is 0 Å². The first-order valence-electron chi connectivity index (χ1n) is 6.02. The van der Waals surface area contributed by atoms with E-state index in [9.17, 15) is 17.6 Å². The molecule has 112 valence electrons. The molecule has 0 aliphatic rings. The van der Waals surface area contributed by atoms with Gasteiger partial charge in [-0.05, 0) is 42.3 Å². The molecule has 0 aromatic heterocycles. The summed E-state index contributed by atoms with van der Waals surface area (Å²) in [6.45, 7) is 0. The van der Waals surface area contributed by atoms with E-state index in [1.807, 2.05) is 24.3 Å². The van der Waals surface area contributed by atoms with Crippen molar-refractivity contribution in [2.75, 3.05) is 0 Å². The maximum Gasteiger partial charge on any atom is 0.416 e. The Morgan fingerprint density at radius 2 is 1.76 bits per heavy atom. The van der Waals surface area contributed by atoms with Gasteiger partial charge in [-0.1, -0.05) is 44.0 Å². The molecule has 0 fully saturated rings. The van der Waals surface area contributed by atoms with E-state index in [1.54, 1.807) is 0 Å². The lowest BCUT2D eigenvalue weighted by molar-refractivity contribution is -0.137. The average Bonchev–Trinajstić information content (AvgIpc) is 2.37. The van der Waals surface area contributed by atoms with E-state index in [0.29, 0.717) is 6.42 Å². The Bertz CT molecular complexity index is 638. The monoisotopic (exact) mass is 424 g/mol. The van der Waals surface area contributed by atoms with Crippen LogP contribution >= 0.6 is 31.9 Å². The zero-order valence-corrected chi connectivity index (χ0v) is 13.8. The van der Waals surface area contributed by atoms with Gasteiger partial charge in [0, 0.05) is 14.9 Å². The first-order valence-corrected chi connectivity index (χ1v) is 7.73. The average molecular weight is 426 g/mol. The molecule has 2 aromatic carbocycles. The van der Waals surface area contributed by atoms with E-state index in [0.717, 1.165) is 28.2 Å². The Balaban J connectivity index is 2.28. The number of rotatable bonds is 3. The Morgan fingerprint density at radius 3 is 2.38 bits per heavy atom. The van der Waals surface area contributed by atoms with Crippen LogP contribution in [0.4, 0.5) is 17.6 Å². The van der Waals surface area contributed by atoms with Crippen LogP contribution in [0.2, 0.25) is 0 Å². The molecular weight excluding hydrogens is 416 g/mol. The van der Waals surface area contributed by atoms with Crippen molar-refractivity contribution in [3.05, 3.63) is 69.4 Å². The second-order valence-electron chi connectivity index (χ2n) is 4.54. The van der Waals surface area contributed by atoms with Crippen LogP contribution in [-0.4, -0.2) is 0 Å². The van der Waals surface area contributed by atoms with Gasteiger partial charge in [0.1, 0.15) is 5.82 Å². The molecule has 0 amide bonds. The van der Waals surface area contributed by atoms with Gasteiger partial charge in [0.05, 0.1) is 5.56 Å². The minimum atomic E-state index is -4.48. The molecule has 0 radical (unpaired) electrons. The van der Waals surface area contributed by atoms with Crippen LogP contribution in [0, 0.1) is 5.82 Å². The van der Waals surface area contributed by atoms with Crippen LogP contribution in [0.25, 0.3) is 0 Å². The highest BCUT2D eigenvalue weighted by Crippen LogP contribution is 2.35. The van der Waals surface area contributed by atoms with Gasteiger partial charge >= 0.3 is 6.18 Å². The molecule has 0 nitrogen and oxygen atoms in total. The van der Waals surface area contributed by atoms with Gasteiger partial charge in [-0.15, -0.1) is 0 Å². The first kappa shape index (κ1) is 16.5. The number of halogens is 6. The zero-order chi connectivity index (χ0) is 15.6. The Kier molecular flexibility index (Phi) is 5.09. The molecule has 6 heteroatoms. The molecule has 1 unspecified atom stereocenters. The Labute approximate surface area is 136 Å². The van der Waals surface area contributed by atoms with E-state index in [1.165, 1.54) is 0 Å². The molecule has 0 aliphatic heterocycles. The van der Waals surface area contributed by atoms with Crippen molar-refractivity contribution in [1.82, 2.24) is 0 Å². The molecule has 0 saturated heterocycles. The molecule has 0 saturated carbocycles. The SMILES string of the molecule is Fc1ccc(C(F)(F)F)cc1C(Br)Cc1cccc(Br)c1. The zero-order valence-electron chi connectivity index (χ0n) is 10.6. The van der Waals surface area contributed by atoms with Crippen LogP contribution in [-0.2, 0) is 12.6 Å². The van der Waals surface area contributed by atoms with Crippen molar-refractivity contribution in [1.29, 1.82) is 0 Å². The summed E-state index contributed by atoms with van der Waals surface area (Å²) in [5.41, 5.74) is 0.0467. The fourth-order valence-electron chi connectivity index (χ4n) is 1.94. The van der Waals surface area contributed by atoms with Gasteiger partial charge in [-0.3, -0.25) is 0 Å². The topological polar surface area (TPSA) is 0 Å². The number of hydrogen-bond donors (Lipinski definition) is 0. The lowest BCUT2D eigenvalue weighted by Gasteiger charge is -2.14. The largest absolute Gasteiger partial charge is 0.416 e. The summed E-state index contributed by atoms with van der Waals surface area (Å²) in [4.78, 5) is -0.533. The normalized spacial score (nSPS) is 13.2. The highest BCUT2D eigenvalue weighted by atomic mass is 79.9. The van der Waals surface area contributed by atoms with E-state index in [4.69, 9.17) is 0 Å². The van der Waals surface area contributed by atoms with Gasteiger partial charge in [0.25, 0.3) is 0 Å². The Hall–Kier alpha value is -0.880. The smallest absolute Gasteiger partial charge is 0.207 e. The molecule has 0 N–H and O–H groups in total. The molecule has 2 aromatic rings. The third-order valence-corrected chi connectivity index (χ3v) is 4.27. The van der Waals surface area contributed by atoms with Crippen molar-refractivity contribution in [2.45, 2.75) is 17.4 Å². The summed E-state index contributed by atoms with van der Waals surface area (Å²) in [6, 6.07) is 9.81. The van der Waals surface area contributed by atoms with E-state index in [2.05, 4.69) is 31.9 Å². The second-order valence-corrected chi connectivity index (χ2v) is 6.56. The minimum absolute atomic E-state index is 0.00444. The first-order chi connectivity index (χ1) is 9.77. The quantitative estimate of drug-likeness (QED) is 0.400. The summed E-state index contributed by atoms with van der Waals surface area (Å²) in [5, 5.41) is 0. The minimum Gasteiger partial charge on any atom is -0.207 e. The highest BCUT2D eigenvalue weighted by molar-refractivity contribution is 9.10. The number of hydrogen-bond acceptors (Lipinski definition) is 0. The maximum atomic E-state index is 13.8. The van der Waals surface area contributed by atoms with Gasteiger partial charge in [0.15, 0.2) is 0 Å². The molecule has 21 heavy (non-hydrogen) atoms. The summed E-state index contributed by atoms with van der Waals surface area (Å²) < 4.78 is 52.7. The molecular formula is C15H10Br2F4. The van der Waals surface area contributed by atoms with Gasteiger partial charge in [-0.2, -0.15) is 13.2 Å². The van der Waals surface area contributed by atoms with Crippen LogP contribution < -0.4 is 0 Å². The molecule has 2 rings (SSSR count). The fourth-order valence-corrected chi connectivity index (χ4v) is 3.11. The summed E-state index contributed by atoms with van der Waals surface area (Å²) in [5.74, 6) is -0.653. The van der Waals surface area contributed by atoms with Crippen LogP contribution in [0.15, 0.2) is 46.9 Å². The molecule has 0 bridgehead atoms. The maximum absolute atomic E-state index is 13.8. The number of alkyl halides is 4. The van der Waals surface area contributed by atoms with Crippen molar-refractivity contribution in [2.24, 2.45) is 0 Å². The molecule has 0 aliphatic carbocycles. The summed E-state index contributed by atoms with van der Waals surface area (Å²) >= 11 is 6.60. The van der Waals surface area contributed by atoms with E-state index >= 15 is 0 Å².